The molecule has 0 bridgehead atoms. The van der Waals surface area contributed by atoms with Crippen LogP contribution in [-0.2, 0) is 21.0 Å². The summed E-state index contributed by atoms with van der Waals surface area (Å²) in [6.45, 7) is 1.38. The fourth-order valence-corrected chi connectivity index (χ4v) is 3.70. The van der Waals surface area contributed by atoms with Crippen LogP contribution in [0.15, 0.2) is 48.5 Å². The average Bonchev–Trinajstić information content (AvgIpc) is 2.61. The molecule has 2 rings (SSSR count). The number of carbonyl (C=O) groups excluding carboxylic acids is 1. The van der Waals surface area contributed by atoms with Gasteiger partial charge in [0.15, 0.2) is 0 Å². The Bertz CT molecular complexity index is 927. The maximum absolute atomic E-state index is 12.6. The number of hydrogen-bond acceptors (Lipinski definition) is 4. The van der Waals surface area contributed by atoms with Gasteiger partial charge in [-0.15, -0.1) is 0 Å². The molecular weight excluding hydrogens is 397 g/mol. The number of benzene rings is 2. The molecular formula is C18H19F3N2O4S. The summed E-state index contributed by atoms with van der Waals surface area (Å²) in [5.41, 5.74) is -0.485. The van der Waals surface area contributed by atoms with Crippen LogP contribution in [-0.4, -0.2) is 33.7 Å². The Morgan fingerprint density at radius 3 is 2.04 bits per heavy atom. The number of halogens is 3. The molecule has 0 aromatic heterocycles. The van der Waals surface area contributed by atoms with Crippen molar-refractivity contribution in [1.29, 1.82) is 0 Å². The van der Waals surface area contributed by atoms with Gasteiger partial charge in [0.25, 0.3) is 0 Å². The normalized spacial score (nSPS) is 12.9. The Labute approximate surface area is 161 Å². The van der Waals surface area contributed by atoms with E-state index in [0.717, 1.165) is 34.8 Å². The van der Waals surface area contributed by atoms with Crippen molar-refractivity contribution in [3.63, 3.8) is 0 Å². The molecule has 0 heterocycles. The lowest BCUT2D eigenvalue weighted by atomic mass is 10.2. The second-order valence-corrected chi connectivity index (χ2v) is 7.86. The van der Waals surface area contributed by atoms with Gasteiger partial charge in [-0.3, -0.25) is 9.10 Å². The van der Waals surface area contributed by atoms with Crippen molar-refractivity contribution in [3.05, 3.63) is 54.1 Å². The average molecular weight is 416 g/mol. The third kappa shape index (κ3) is 5.16. The lowest BCUT2D eigenvalue weighted by Crippen LogP contribution is -2.45. The Morgan fingerprint density at radius 2 is 1.61 bits per heavy atom. The van der Waals surface area contributed by atoms with Crippen molar-refractivity contribution in [1.82, 2.24) is 0 Å². The van der Waals surface area contributed by atoms with Crippen LogP contribution in [0.3, 0.4) is 0 Å². The van der Waals surface area contributed by atoms with E-state index in [1.165, 1.54) is 26.2 Å². The number of hydrogen-bond donors (Lipinski definition) is 1. The van der Waals surface area contributed by atoms with E-state index in [4.69, 9.17) is 4.74 Å². The van der Waals surface area contributed by atoms with Gasteiger partial charge in [0.1, 0.15) is 11.8 Å². The third-order valence-corrected chi connectivity index (χ3v) is 5.14. The van der Waals surface area contributed by atoms with E-state index in [9.17, 15) is 26.4 Å². The number of anilines is 2. The molecule has 0 aliphatic heterocycles. The highest BCUT2D eigenvalue weighted by Crippen LogP contribution is 2.30. The molecule has 152 valence electrons. The molecule has 0 aliphatic rings. The summed E-state index contributed by atoms with van der Waals surface area (Å²) in [5, 5.41) is 2.43. The summed E-state index contributed by atoms with van der Waals surface area (Å²) in [6.07, 6.45) is -3.53. The van der Waals surface area contributed by atoms with Crippen LogP contribution in [0, 0.1) is 0 Å². The van der Waals surface area contributed by atoms with Crippen LogP contribution in [0.4, 0.5) is 24.5 Å². The number of methoxy groups -OCH3 is 1. The molecule has 2 aromatic rings. The van der Waals surface area contributed by atoms with Crippen molar-refractivity contribution in [2.75, 3.05) is 23.0 Å². The number of carbonyl (C=O) groups is 1. The molecule has 1 amide bonds. The van der Waals surface area contributed by atoms with Crippen LogP contribution < -0.4 is 14.4 Å². The summed E-state index contributed by atoms with van der Waals surface area (Å²) in [5.74, 6) is -0.180. The highest BCUT2D eigenvalue weighted by molar-refractivity contribution is 7.92. The minimum Gasteiger partial charge on any atom is -0.497 e. The fraction of sp³-hybridized carbons (Fsp3) is 0.278. The minimum atomic E-state index is -4.49. The van der Waals surface area contributed by atoms with E-state index in [-0.39, 0.29) is 11.4 Å². The zero-order chi connectivity index (χ0) is 21.1. The van der Waals surface area contributed by atoms with Gasteiger partial charge in [0, 0.05) is 5.69 Å². The van der Waals surface area contributed by atoms with Gasteiger partial charge in [-0.05, 0) is 55.5 Å². The molecule has 0 saturated carbocycles. The molecule has 1 unspecified atom stereocenters. The van der Waals surface area contributed by atoms with Gasteiger partial charge in [0.2, 0.25) is 15.9 Å². The molecule has 0 saturated heterocycles. The van der Waals surface area contributed by atoms with Gasteiger partial charge in [0.05, 0.1) is 24.6 Å². The summed E-state index contributed by atoms with van der Waals surface area (Å²) < 4.78 is 68.3. The van der Waals surface area contributed by atoms with Crippen LogP contribution in [0.1, 0.15) is 12.5 Å². The SMILES string of the molecule is COc1ccc(N(C(C)C(=O)Nc2ccc(C(F)(F)F)cc2)S(C)(=O)=O)cc1. The van der Waals surface area contributed by atoms with E-state index >= 15 is 0 Å². The predicted octanol–water partition coefficient (Wildman–Crippen LogP) is 3.51. The second-order valence-electron chi connectivity index (χ2n) is 6.00. The smallest absolute Gasteiger partial charge is 0.416 e. The molecule has 6 nitrogen and oxygen atoms in total. The summed E-state index contributed by atoms with van der Waals surface area (Å²) in [4.78, 5) is 12.5. The maximum atomic E-state index is 12.6. The van der Waals surface area contributed by atoms with E-state index < -0.39 is 33.7 Å². The van der Waals surface area contributed by atoms with Crippen molar-refractivity contribution in [2.24, 2.45) is 0 Å². The first-order chi connectivity index (χ1) is 12.9. The molecule has 2 aromatic carbocycles. The van der Waals surface area contributed by atoms with Gasteiger partial charge in [-0.1, -0.05) is 0 Å². The number of ether oxygens (including phenoxy) is 1. The fourth-order valence-electron chi connectivity index (χ4n) is 2.53. The monoisotopic (exact) mass is 416 g/mol. The van der Waals surface area contributed by atoms with Gasteiger partial charge < -0.3 is 10.1 Å². The van der Waals surface area contributed by atoms with E-state index in [1.54, 1.807) is 12.1 Å². The molecule has 28 heavy (non-hydrogen) atoms. The first-order valence-corrected chi connectivity index (χ1v) is 9.90. The van der Waals surface area contributed by atoms with Crippen molar-refractivity contribution in [2.45, 2.75) is 19.1 Å². The molecule has 1 N–H and O–H groups in total. The Kier molecular flexibility index (Phi) is 6.23. The number of sulfonamides is 1. The quantitative estimate of drug-likeness (QED) is 0.782. The first-order valence-electron chi connectivity index (χ1n) is 8.05. The number of amides is 1. The predicted molar refractivity (Wildman–Crippen MR) is 99.9 cm³/mol. The highest BCUT2D eigenvalue weighted by Gasteiger charge is 2.31. The van der Waals surface area contributed by atoms with Crippen LogP contribution >= 0.6 is 0 Å². The first kappa shape index (κ1) is 21.5. The highest BCUT2D eigenvalue weighted by atomic mass is 32.2. The summed E-state index contributed by atoms with van der Waals surface area (Å²) in [7, 11) is -2.36. The Balaban J connectivity index is 2.24. The number of nitrogens with one attached hydrogen (secondary N) is 1. The lowest BCUT2D eigenvalue weighted by molar-refractivity contribution is -0.137. The van der Waals surface area contributed by atoms with E-state index in [2.05, 4.69) is 5.32 Å². The van der Waals surface area contributed by atoms with Crippen LogP contribution in [0.5, 0.6) is 5.75 Å². The van der Waals surface area contributed by atoms with E-state index in [1.807, 2.05) is 0 Å². The largest absolute Gasteiger partial charge is 0.497 e. The molecule has 0 aliphatic carbocycles. The molecule has 0 spiro atoms. The summed E-state index contributed by atoms with van der Waals surface area (Å²) in [6, 6.07) is 8.80. The van der Waals surface area contributed by atoms with Crippen LogP contribution in [0.25, 0.3) is 0 Å². The van der Waals surface area contributed by atoms with Gasteiger partial charge >= 0.3 is 6.18 Å². The topological polar surface area (TPSA) is 75.7 Å². The number of rotatable bonds is 6. The van der Waals surface area contributed by atoms with Gasteiger partial charge in [-0.2, -0.15) is 13.2 Å². The zero-order valence-corrected chi connectivity index (χ0v) is 16.1. The molecule has 10 heteroatoms. The van der Waals surface area contributed by atoms with Crippen molar-refractivity contribution < 1.29 is 31.1 Å². The van der Waals surface area contributed by atoms with E-state index in [0.29, 0.717) is 5.75 Å². The van der Waals surface area contributed by atoms with Crippen molar-refractivity contribution in [3.8, 4) is 5.75 Å². The minimum absolute atomic E-state index is 0.119. The molecule has 0 fully saturated rings. The lowest BCUT2D eigenvalue weighted by Gasteiger charge is -2.28. The summed E-state index contributed by atoms with van der Waals surface area (Å²) >= 11 is 0. The van der Waals surface area contributed by atoms with Gasteiger partial charge in [-0.25, -0.2) is 8.42 Å². The molecule has 0 radical (unpaired) electrons. The zero-order valence-electron chi connectivity index (χ0n) is 15.3. The second kappa shape index (κ2) is 8.09. The standard InChI is InChI=1S/C18H19F3N2O4S/c1-12(17(24)22-14-6-4-13(5-7-14)18(19,20)21)23(28(3,25)26)15-8-10-16(27-2)11-9-15/h4-12H,1-3H3,(H,22,24). The van der Waals surface area contributed by atoms with Crippen LogP contribution in [0.2, 0.25) is 0 Å². The van der Waals surface area contributed by atoms with Crippen molar-refractivity contribution >= 4 is 27.3 Å². The maximum Gasteiger partial charge on any atom is 0.416 e. The Morgan fingerprint density at radius 1 is 1.07 bits per heavy atom. The number of alkyl halides is 3. The molecule has 1 atom stereocenters. The third-order valence-electron chi connectivity index (χ3n) is 3.90. The Hall–Kier alpha value is -2.75. The number of nitrogens with zero attached hydrogens (tertiary/aromatic N) is 1.